The van der Waals surface area contributed by atoms with E-state index in [4.69, 9.17) is 14.2 Å². The van der Waals surface area contributed by atoms with E-state index in [0.717, 1.165) is 12.8 Å². The molecule has 0 spiro atoms. The van der Waals surface area contributed by atoms with Crippen molar-refractivity contribution in [3.8, 4) is 11.8 Å². The van der Waals surface area contributed by atoms with Crippen LogP contribution in [0.4, 0.5) is 0 Å². The fourth-order valence-corrected chi connectivity index (χ4v) is 1.37. The number of esters is 1. The first-order chi connectivity index (χ1) is 9.16. The van der Waals surface area contributed by atoms with Crippen molar-refractivity contribution >= 4 is 5.97 Å². The maximum Gasteiger partial charge on any atom is 0.302 e. The van der Waals surface area contributed by atoms with Gasteiger partial charge in [-0.1, -0.05) is 17.9 Å². The minimum absolute atomic E-state index is 0.0470. The van der Waals surface area contributed by atoms with Gasteiger partial charge in [0.25, 0.3) is 0 Å². The van der Waals surface area contributed by atoms with Crippen molar-refractivity contribution in [3.63, 3.8) is 0 Å². The fourth-order valence-electron chi connectivity index (χ4n) is 1.37. The summed E-state index contributed by atoms with van der Waals surface area (Å²) >= 11 is 0. The number of hydrogen-bond donors (Lipinski definition) is 0. The second kappa shape index (κ2) is 13.1. The highest BCUT2D eigenvalue weighted by molar-refractivity contribution is 5.66. The van der Waals surface area contributed by atoms with Crippen LogP contribution in [-0.2, 0) is 19.0 Å². The third-order valence-corrected chi connectivity index (χ3v) is 2.17. The van der Waals surface area contributed by atoms with Gasteiger partial charge in [-0.15, -0.1) is 6.58 Å². The van der Waals surface area contributed by atoms with Gasteiger partial charge in [-0.3, -0.25) is 4.79 Å². The molecule has 0 aromatic rings. The van der Waals surface area contributed by atoms with E-state index in [-0.39, 0.29) is 12.1 Å². The lowest BCUT2D eigenvalue weighted by molar-refractivity contribution is -0.145. The van der Waals surface area contributed by atoms with Crippen LogP contribution in [0.2, 0.25) is 0 Å². The molecule has 0 fully saturated rings. The quantitative estimate of drug-likeness (QED) is 0.264. The van der Waals surface area contributed by atoms with Gasteiger partial charge in [0, 0.05) is 20.0 Å². The highest BCUT2D eigenvalue weighted by atomic mass is 16.5. The van der Waals surface area contributed by atoms with Gasteiger partial charge in [-0.25, -0.2) is 0 Å². The summed E-state index contributed by atoms with van der Waals surface area (Å²) in [6.07, 6.45) is 4.05. The molecule has 0 aliphatic carbocycles. The van der Waals surface area contributed by atoms with Gasteiger partial charge >= 0.3 is 5.97 Å². The van der Waals surface area contributed by atoms with Gasteiger partial charge in [-0.2, -0.15) is 0 Å². The minimum atomic E-state index is -0.238. The van der Waals surface area contributed by atoms with E-state index in [1.807, 2.05) is 6.92 Å². The Morgan fingerprint density at radius 2 is 2.11 bits per heavy atom. The molecule has 0 bridgehead atoms. The highest BCUT2D eigenvalue weighted by Crippen LogP contribution is 2.01. The molecule has 19 heavy (non-hydrogen) atoms. The van der Waals surface area contributed by atoms with Crippen LogP contribution in [0.3, 0.4) is 0 Å². The summed E-state index contributed by atoms with van der Waals surface area (Å²) in [6, 6.07) is 0. The van der Waals surface area contributed by atoms with Crippen molar-refractivity contribution in [2.75, 3.05) is 26.4 Å². The number of carbonyl (C=O) groups excluding carboxylic acids is 1. The standard InChI is InChI=1S/C15H24O4/c1-4-10-17-11-6-5-7-12-18-13-8-9-14(2)19-15(3)16/h4,14H,1,6,8-13H2,2-3H3. The molecule has 0 rings (SSSR count). The van der Waals surface area contributed by atoms with E-state index in [1.165, 1.54) is 6.92 Å². The number of rotatable bonds is 10. The molecular formula is C15H24O4. The average molecular weight is 268 g/mol. The van der Waals surface area contributed by atoms with Crippen molar-refractivity contribution in [1.82, 2.24) is 0 Å². The number of carbonyl (C=O) groups is 1. The van der Waals surface area contributed by atoms with E-state index >= 15 is 0 Å². The van der Waals surface area contributed by atoms with Crippen molar-refractivity contribution in [3.05, 3.63) is 12.7 Å². The van der Waals surface area contributed by atoms with Crippen LogP contribution in [0.25, 0.3) is 0 Å². The second-order valence-electron chi connectivity index (χ2n) is 4.08. The van der Waals surface area contributed by atoms with Crippen LogP contribution in [0.15, 0.2) is 12.7 Å². The zero-order chi connectivity index (χ0) is 14.3. The third-order valence-electron chi connectivity index (χ3n) is 2.17. The van der Waals surface area contributed by atoms with E-state index in [0.29, 0.717) is 32.8 Å². The van der Waals surface area contributed by atoms with Crippen LogP contribution in [0.1, 0.15) is 33.1 Å². The van der Waals surface area contributed by atoms with E-state index in [1.54, 1.807) is 6.08 Å². The molecule has 0 saturated carbocycles. The Morgan fingerprint density at radius 3 is 2.79 bits per heavy atom. The molecule has 0 N–H and O–H groups in total. The summed E-state index contributed by atoms with van der Waals surface area (Å²) in [5.74, 6) is 5.65. The molecule has 1 unspecified atom stereocenters. The largest absolute Gasteiger partial charge is 0.463 e. The fraction of sp³-hybridized carbons (Fsp3) is 0.667. The molecule has 0 heterocycles. The molecule has 0 aliphatic rings. The van der Waals surface area contributed by atoms with E-state index in [9.17, 15) is 4.79 Å². The van der Waals surface area contributed by atoms with Crippen molar-refractivity contribution in [2.24, 2.45) is 0 Å². The molecule has 4 nitrogen and oxygen atoms in total. The molecule has 4 heteroatoms. The Balaban J connectivity index is 3.28. The van der Waals surface area contributed by atoms with Gasteiger partial charge in [0.05, 0.1) is 19.3 Å². The molecule has 0 aromatic carbocycles. The Bertz CT molecular complexity index is 301. The van der Waals surface area contributed by atoms with Crippen molar-refractivity contribution in [1.29, 1.82) is 0 Å². The second-order valence-corrected chi connectivity index (χ2v) is 4.08. The van der Waals surface area contributed by atoms with Gasteiger partial charge in [-0.05, 0) is 19.8 Å². The normalized spacial score (nSPS) is 11.3. The molecule has 0 aromatic heterocycles. The lowest BCUT2D eigenvalue weighted by atomic mass is 10.2. The molecule has 0 amide bonds. The van der Waals surface area contributed by atoms with Crippen molar-refractivity contribution in [2.45, 2.75) is 39.2 Å². The lowest BCUT2D eigenvalue weighted by Gasteiger charge is -2.10. The van der Waals surface area contributed by atoms with E-state index in [2.05, 4.69) is 18.4 Å². The molecule has 1 atom stereocenters. The van der Waals surface area contributed by atoms with Crippen LogP contribution in [0, 0.1) is 11.8 Å². The van der Waals surface area contributed by atoms with E-state index < -0.39 is 0 Å². The number of hydrogen-bond acceptors (Lipinski definition) is 4. The minimum Gasteiger partial charge on any atom is -0.463 e. The Kier molecular flexibility index (Phi) is 12.2. The maximum absolute atomic E-state index is 10.7. The zero-order valence-corrected chi connectivity index (χ0v) is 11.9. The van der Waals surface area contributed by atoms with Gasteiger partial charge in [0.1, 0.15) is 6.61 Å². The smallest absolute Gasteiger partial charge is 0.302 e. The van der Waals surface area contributed by atoms with Crippen LogP contribution in [-0.4, -0.2) is 38.5 Å². The van der Waals surface area contributed by atoms with Crippen molar-refractivity contribution < 1.29 is 19.0 Å². The van der Waals surface area contributed by atoms with Gasteiger partial charge in [0.15, 0.2) is 0 Å². The molecule has 108 valence electrons. The summed E-state index contributed by atoms with van der Waals surface area (Å²) in [5, 5.41) is 0. The molecule has 0 radical (unpaired) electrons. The monoisotopic (exact) mass is 268 g/mol. The van der Waals surface area contributed by atoms with Gasteiger partial charge < -0.3 is 14.2 Å². The first-order valence-corrected chi connectivity index (χ1v) is 6.56. The average Bonchev–Trinajstić information content (AvgIpc) is 2.35. The first kappa shape index (κ1) is 17.7. The maximum atomic E-state index is 10.7. The predicted octanol–water partition coefficient (Wildman–Crippen LogP) is 2.33. The summed E-state index contributed by atoms with van der Waals surface area (Å²) in [5.41, 5.74) is 0. The summed E-state index contributed by atoms with van der Waals surface area (Å²) in [4.78, 5) is 10.7. The van der Waals surface area contributed by atoms with Crippen LogP contribution in [0.5, 0.6) is 0 Å². The Morgan fingerprint density at radius 1 is 1.32 bits per heavy atom. The molecular weight excluding hydrogens is 244 g/mol. The highest BCUT2D eigenvalue weighted by Gasteiger charge is 2.04. The van der Waals surface area contributed by atoms with Crippen LogP contribution < -0.4 is 0 Å². The lowest BCUT2D eigenvalue weighted by Crippen LogP contribution is -2.12. The molecule has 0 saturated heterocycles. The summed E-state index contributed by atoms with van der Waals surface area (Å²) in [6.45, 7) is 9.11. The molecule has 0 aliphatic heterocycles. The summed E-state index contributed by atoms with van der Waals surface area (Å²) in [7, 11) is 0. The van der Waals surface area contributed by atoms with Crippen LogP contribution >= 0.6 is 0 Å². The van der Waals surface area contributed by atoms with Gasteiger partial charge in [0.2, 0.25) is 0 Å². The Labute approximate surface area is 116 Å². The topological polar surface area (TPSA) is 44.8 Å². The Hall–Kier alpha value is -1.31. The first-order valence-electron chi connectivity index (χ1n) is 6.56. The SMILES string of the molecule is C=CCOCCC#CCOCCCC(C)OC(C)=O. The third kappa shape index (κ3) is 14.6. The predicted molar refractivity (Wildman–Crippen MR) is 74.7 cm³/mol. The zero-order valence-electron chi connectivity index (χ0n) is 11.9. The number of ether oxygens (including phenoxy) is 3. The summed E-state index contributed by atoms with van der Waals surface area (Å²) < 4.78 is 15.5.